The maximum Gasteiger partial charge on any atom is 0.321 e. The summed E-state index contributed by atoms with van der Waals surface area (Å²) in [7, 11) is 3.34. The van der Waals surface area contributed by atoms with Gasteiger partial charge in [0.15, 0.2) is 0 Å². The number of carbonyl (C=O) groups excluding carboxylic acids is 1. The van der Waals surface area contributed by atoms with Crippen molar-refractivity contribution in [3.8, 4) is 5.75 Å². The van der Waals surface area contributed by atoms with Crippen LogP contribution >= 0.6 is 27.5 Å². The first kappa shape index (κ1) is 19.6. The quantitative estimate of drug-likeness (QED) is 0.646. The van der Waals surface area contributed by atoms with E-state index in [-0.39, 0.29) is 6.03 Å². The SMILES string of the molecule is COCCOc1ccc(NC(=O)N(C)Cc2ccc(Br)cc2)cc1Cl. The molecule has 5 nitrogen and oxygen atoms in total. The van der Waals surface area contributed by atoms with Crippen molar-refractivity contribution in [1.29, 1.82) is 0 Å². The summed E-state index contributed by atoms with van der Waals surface area (Å²) in [5.41, 5.74) is 1.65. The Balaban J connectivity index is 1.92. The van der Waals surface area contributed by atoms with E-state index in [1.54, 1.807) is 37.3 Å². The number of methoxy groups -OCH3 is 1. The Morgan fingerprint density at radius 1 is 1.20 bits per heavy atom. The van der Waals surface area contributed by atoms with Gasteiger partial charge < -0.3 is 19.7 Å². The molecular formula is C18H20BrClN2O3. The summed E-state index contributed by atoms with van der Waals surface area (Å²) in [5, 5.41) is 3.26. The molecule has 0 radical (unpaired) electrons. The Morgan fingerprint density at radius 2 is 1.92 bits per heavy atom. The van der Waals surface area contributed by atoms with Gasteiger partial charge in [-0.2, -0.15) is 0 Å². The Bertz CT molecular complexity index is 710. The topological polar surface area (TPSA) is 50.8 Å². The van der Waals surface area contributed by atoms with E-state index in [0.717, 1.165) is 10.0 Å². The van der Waals surface area contributed by atoms with Gasteiger partial charge in [0, 0.05) is 30.9 Å². The van der Waals surface area contributed by atoms with E-state index >= 15 is 0 Å². The lowest BCUT2D eigenvalue weighted by Gasteiger charge is -2.18. The summed E-state index contributed by atoms with van der Waals surface area (Å²) >= 11 is 9.58. The largest absolute Gasteiger partial charge is 0.490 e. The Hall–Kier alpha value is -1.76. The highest BCUT2D eigenvalue weighted by Crippen LogP contribution is 2.27. The van der Waals surface area contributed by atoms with Gasteiger partial charge in [-0.1, -0.05) is 39.7 Å². The summed E-state index contributed by atoms with van der Waals surface area (Å²) in [6.45, 7) is 1.40. The van der Waals surface area contributed by atoms with Crippen molar-refractivity contribution in [2.45, 2.75) is 6.54 Å². The van der Waals surface area contributed by atoms with Crippen molar-refractivity contribution in [2.75, 3.05) is 32.7 Å². The molecule has 0 fully saturated rings. The maximum absolute atomic E-state index is 12.3. The number of nitrogens with one attached hydrogen (secondary N) is 1. The lowest BCUT2D eigenvalue weighted by atomic mass is 10.2. The lowest BCUT2D eigenvalue weighted by molar-refractivity contribution is 0.146. The van der Waals surface area contributed by atoms with E-state index in [0.29, 0.717) is 36.2 Å². The molecule has 2 rings (SSSR count). The van der Waals surface area contributed by atoms with E-state index in [9.17, 15) is 4.79 Å². The predicted molar refractivity (Wildman–Crippen MR) is 103 cm³/mol. The zero-order valence-corrected chi connectivity index (χ0v) is 16.4. The van der Waals surface area contributed by atoms with Crippen LogP contribution in [0.4, 0.5) is 10.5 Å². The van der Waals surface area contributed by atoms with Crippen LogP contribution in [0, 0.1) is 0 Å². The van der Waals surface area contributed by atoms with E-state index in [1.165, 1.54) is 0 Å². The molecule has 134 valence electrons. The lowest BCUT2D eigenvalue weighted by Crippen LogP contribution is -2.30. The van der Waals surface area contributed by atoms with Gasteiger partial charge in [-0.15, -0.1) is 0 Å². The minimum absolute atomic E-state index is 0.216. The molecule has 1 N–H and O–H groups in total. The highest BCUT2D eigenvalue weighted by atomic mass is 79.9. The molecule has 0 saturated carbocycles. The van der Waals surface area contributed by atoms with Gasteiger partial charge in [0.2, 0.25) is 0 Å². The number of ether oxygens (including phenoxy) is 2. The third-order valence-corrected chi connectivity index (χ3v) is 4.23. The zero-order chi connectivity index (χ0) is 18.2. The predicted octanol–water partition coefficient (Wildman–Crippen LogP) is 4.79. The number of nitrogens with zero attached hydrogens (tertiary/aromatic N) is 1. The number of hydrogen-bond acceptors (Lipinski definition) is 3. The van der Waals surface area contributed by atoms with E-state index in [1.807, 2.05) is 24.3 Å². The number of anilines is 1. The molecule has 0 aliphatic heterocycles. The van der Waals surface area contributed by atoms with Crippen LogP contribution in [0.2, 0.25) is 5.02 Å². The van der Waals surface area contributed by atoms with Gasteiger partial charge in [-0.25, -0.2) is 4.79 Å². The first-order valence-electron chi connectivity index (χ1n) is 7.67. The minimum Gasteiger partial charge on any atom is -0.490 e. The van der Waals surface area contributed by atoms with Crippen LogP contribution in [-0.4, -0.2) is 38.3 Å². The number of hydrogen-bond donors (Lipinski definition) is 1. The van der Waals surface area contributed by atoms with Crippen LogP contribution in [0.3, 0.4) is 0 Å². The molecule has 0 spiro atoms. The van der Waals surface area contributed by atoms with Gasteiger partial charge in [-0.05, 0) is 35.9 Å². The zero-order valence-electron chi connectivity index (χ0n) is 14.1. The van der Waals surface area contributed by atoms with Gasteiger partial charge in [0.05, 0.1) is 11.6 Å². The molecule has 0 saturated heterocycles. The molecule has 0 aromatic heterocycles. The fourth-order valence-electron chi connectivity index (χ4n) is 2.08. The molecule has 0 heterocycles. The second-order valence-corrected chi connectivity index (χ2v) is 6.72. The van der Waals surface area contributed by atoms with Gasteiger partial charge in [0.25, 0.3) is 0 Å². The molecule has 0 atom stereocenters. The molecular weight excluding hydrogens is 408 g/mol. The number of benzene rings is 2. The normalized spacial score (nSPS) is 10.4. The van der Waals surface area contributed by atoms with Crippen molar-refractivity contribution in [1.82, 2.24) is 4.90 Å². The summed E-state index contributed by atoms with van der Waals surface area (Å²) in [4.78, 5) is 13.9. The van der Waals surface area contributed by atoms with E-state index in [2.05, 4.69) is 21.2 Å². The third kappa shape index (κ3) is 6.23. The number of halogens is 2. The van der Waals surface area contributed by atoms with Gasteiger partial charge in [-0.3, -0.25) is 0 Å². The van der Waals surface area contributed by atoms with Gasteiger partial charge in [0.1, 0.15) is 12.4 Å². The second kappa shape index (κ2) is 9.65. The molecule has 2 aromatic rings. The smallest absolute Gasteiger partial charge is 0.321 e. The average Bonchev–Trinajstić information content (AvgIpc) is 2.59. The first-order valence-corrected chi connectivity index (χ1v) is 8.84. The summed E-state index contributed by atoms with van der Waals surface area (Å²) in [5.74, 6) is 0.555. The van der Waals surface area contributed by atoms with Crippen LogP contribution < -0.4 is 10.1 Å². The van der Waals surface area contributed by atoms with Crippen molar-refractivity contribution in [2.24, 2.45) is 0 Å². The van der Waals surface area contributed by atoms with Crippen molar-refractivity contribution >= 4 is 39.2 Å². The number of urea groups is 1. The fraction of sp³-hybridized carbons (Fsp3) is 0.278. The summed E-state index contributed by atoms with van der Waals surface area (Å²) < 4.78 is 11.4. The first-order chi connectivity index (χ1) is 12.0. The molecule has 0 unspecified atom stereocenters. The van der Waals surface area contributed by atoms with Gasteiger partial charge >= 0.3 is 6.03 Å². The molecule has 25 heavy (non-hydrogen) atoms. The highest BCUT2D eigenvalue weighted by Gasteiger charge is 2.11. The van der Waals surface area contributed by atoms with E-state index in [4.69, 9.17) is 21.1 Å². The van der Waals surface area contributed by atoms with Crippen molar-refractivity contribution in [3.05, 3.63) is 57.5 Å². The van der Waals surface area contributed by atoms with Crippen LogP contribution in [-0.2, 0) is 11.3 Å². The number of amides is 2. The monoisotopic (exact) mass is 426 g/mol. The van der Waals surface area contributed by atoms with Crippen molar-refractivity contribution in [3.63, 3.8) is 0 Å². The van der Waals surface area contributed by atoms with E-state index < -0.39 is 0 Å². The average molecular weight is 428 g/mol. The molecule has 0 aliphatic carbocycles. The van der Waals surface area contributed by atoms with Crippen LogP contribution in [0.5, 0.6) is 5.75 Å². The Morgan fingerprint density at radius 3 is 2.56 bits per heavy atom. The molecule has 2 aromatic carbocycles. The highest BCUT2D eigenvalue weighted by molar-refractivity contribution is 9.10. The Labute approximate surface area is 161 Å². The second-order valence-electron chi connectivity index (χ2n) is 5.40. The maximum atomic E-state index is 12.3. The number of carbonyl (C=O) groups is 1. The summed E-state index contributed by atoms with van der Waals surface area (Å²) in [6, 6.07) is 12.8. The molecule has 0 bridgehead atoms. The molecule has 0 aliphatic rings. The Kier molecular flexibility index (Phi) is 7.55. The van der Waals surface area contributed by atoms with Crippen LogP contribution in [0.15, 0.2) is 46.9 Å². The summed E-state index contributed by atoms with van der Waals surface area (Å²) in [6.07, 6.45) is 0. The third-order valence-electron chi connectivity index (χ3n) is 3.41. The molecule has 7 heteroatoms. The molecule has 2 amide bonds. The van der Waals surface area contributed by atoms with Crippen molar-refractivity contribution < 1.29 is 14.3 Å². The van der Waals surface area contributed by atoms with Crippen LogP contribution in [0.1, 0.15) is 5.56 Å². The standard InChI is InChI=1S/C18H20BrClN2O3/c1-22(12-13-3-5-14(19)6-4-13)18(23)21-15-7-8-17(16(20)11-15)25-10-9-24-2/h3-8,11H,9-10,12H2,1-2H3,(H,21,23). The fourth-order valence-corrected chi connectivity index (χ4v) is 2.58. The van der Waals surface area contributed by atoms with Crippen LogP contribution in [0.25, 0.3) is 0 Å². The number of rotatable bonds is 7. The minimum atomic E-state index is -0.216.